The molecule has 1 aliphatic rings. The minimum atomic E-state index is 0.0226. The SMILES string of the molecule is COc1cccc(CCNC(=O)CN2CC(C)Oc3ccc(C)cc32)c1. The fraction of sp³-hybridized carbons (Fsp3) is 0.381. The summed E-state index contributed by atoms with van der Waals surface area (Å²) in [5, 5.41) is 3.01. The van der Waals surface area contributed by atoms with Crippen molar-refractivity contribution in [3.8, 4) is 11.5 Å². The normalized spacial score (nSPS) is 15.8. The van der Waals surface area contributed by atoms with Crippen molar-refractivity contribution in [1.82, 2.24) is 5.32 Å². The third kappa shape index (κ3) is 4.48. The Morgan fingerprint density at radius 3 is 2.96 bits per heavy atom. The molecule has 1 atom stereocenters. The van der Waals surface area contributed by atoms with Gasteiger partial charge in [-0.2, -0.15) is 0 Å². The summed E-state index contributed by atoms with van der Waals surface area (Å²) >= 11 is 0. The predicted octanol–water partition coefficient (Wildman–Crippen LogP) is 2.95. The number of fused-ring (bicyclic) bond motifs is 1. The Kier molecular flexibility index (Phi) is 5.66. The van der Waals surface area contributed by atoms with Crippen LogP contribution in [0.15, 0.2) is 42.5 Å². The number of methoxy groups -OCH3 is 1. The van der Waals surface area contributed by atoms with E-state index in [4.69, 9.17) is 9.47 Å². The van der Waals surface area contributed by atoms with Crippen LogP contribution in [0.25, 0.3) is 0 Å². The fourth-order valence-corrected chi connectivity index (χ4v) is 3.19. The van der Waals surface area contributed by atoms with E-state index in [1.807, 2.05) is 50.2 Å². The average molecular weight is 354 g/mol. The molecular weight excluding hydrogens is 328 g/mol. The first kappa shape index (κ1) is 18.1. The van der Waals surface area contributed by atoms with Crippen LogP contribution in [-0.4, -0.2) is 38.8 Å². The van der Waals surface area contributed by atoms with E-state index in [1.165, 1.54) is 0 Å². The molecule has 1 N–H and O–H groups in total. The Balaban J connectivity index is 1.56. The highest BCUT2D eigenvalue weighted by Crippen LogP contribution is 2.33. The summed E-state index contributed by atoms with van der Waals surface area (Å²) in [6, 6.07) is 14.0. The molecule has 2 aromatic rings. The Labute approximate surface area is 154 Å². The maximum Gasteiger partial charge on any atom is 0.239 e. The van der Waals surface area contributed by atoms with Crippen LogP contribution in [0.5, 0.6) is 11.5 Å². The first-order valence-electron chi connectivity index (χ1n) is 8.97. The van der Waals surface area contributed by atoms with Gasteiger partial charge in [0.1, 0.15) is 17.6 Å². The zero-order chi connectivity index (χ0) is 18.5. The third-order valence-corrected chi connectivity index (χ3v) is 4.47. The number of aryl methyl sites for hydroxylation is 1. The van der Waals surface area contributed by atoms with Gasteiger partial charge >= 0.3 is 0 Å². The average Bonchev–Trinajstić information content (AvgIpc) is 2.62. The number of rotatable bonds is 6. The van der Waals surface area contributed by atoms with Gasteiger partial charge in [0.2, 0.25) is 5.91 Å². The lowest BCUT2D eigenvalue weighted by Gasteiger charge is -2.34. The van der Waals surface area contributed by atoms with E-state index in [9.17, 15) is 4.79 Å². The molecule has 0 bridgehead atoms. The molecule has 138 valence electrons. The summed E-state index contributed by atoms with van der Waals surface area (Å²) in [7, 11) is 1.66. The maximum atomic E-state index is 12.4. The number of amides is 1. The quantitative estimate of drug-likeness (QED) is 0.867. The largest absolute Gasteiger partial charge is 0.497 e. The van der Waals surface area contributed by atoms with E-state index in [0.29, 0.717) is 19.6 Å². The summed E-state index contributed by atoms with van der Waals surface area (Å²) < 4.78 is 11.1. The third-order valence-electron chi connectivity index (χ3n) is 4.47. The number of ether oxygens (including phenoxy) is 2. The Morgan fingerprint density at radius 2 is 2.15 bits per heavy atom. The molecule has 1 heterocycles. The number of nitrogens with zero attached hydrogens (tertiary/aromatic N) is 1. The molecule has 0 fully saturated rings. The molecule has 2 aromatic carbocycles. The molecular formula is C21H26N2O3. The van der Waals surface area contributed by atoms with Crippen LogP contribution >= 0.6 is 0 Å². The summed E-state index contributed by atoms with van der Waals surface area (Å²) in [5.74, 6) is 1.70. The molecule has 26 heavy (non-hydrogen) atoms. The standard InChI is InChI=1S/C21H26N2O3/c1-15-7-8-20-19(11-15)23(13-16(2)26-20)14-21(24)22-10-9-17-5-4-6-18(12-17)25-3/h4-8,11-12,16H,9-10,13-14H2,1-3H3,(H,22,24). The van der Waals surface area contributed by atoms with Crippen molar-refractivity contribution in [3.63, 3.8) is 0 Å². The number of hydrogen-bond acceptors (Lipinski definition) is 4. The molecule has 0 aromatic heterocycles. The molecule has 0 spiro atoms. The highest BCUT2D eigenvalue weighted by molar-refractivity contribution is 5.82. The van der Waals surface area contributed by atoms with E-state index in [0.717, 1.165) is 34.7 Å². The Hall–Kier alpha value is -2.69. The first-order valence-corrected chi connectivity index (χ1v) is 8.97. The molecule has 5 nitrogen and oxygen atoms in total. The smallest absolute Gasteiger partial charge is 0.239 e. The van der Waals surface area contributed by atoms with Crippen LogP contribution in [0.3, 0.4) is 0 Å². The second kappa shape index (κ2) is 8.13. The van der Waals surface area contributed by atoms with Gasteiger partial charge in [-0.05, 0) is 55.7 Å². The number of benzene rings is 2. The fourth-order valence-electron chi connectivity index (χ4n) is 3.19. The number of carbonyl (C=O) groups is 1. The molecule has 5 heteroatoms. The molecule has 1 aliphatic heterocycles. The van der Waals surface area contributed by atoms with Crippen molar-refractivity contribution < 1.29 is 14.3 Å². The second-order valence-corrected chi connectivity index (χ2v) is 6.73. The maximum absolute atomic E-state index is 12.4. The number of carbonyl (C=O) groups excluding carboxylic acids is 1. The molecule has 0 aliphatic carbocycles. The second-order valence-electron chi connectivity index (χ2n) is 6.73. The number of hydrogen-bond donors (Lipinski definition) is 1. The molecule has 0 radical (unpaired) electrons. The van der Waals surface area contributed by atoms with Gasteiger partial charge in [0.25, 0.3) is 0 Å². The zero-order valence-corrected chi connectivity index (χ0v) is 15.6. The van der Waals surface area contributed by atoms with Crippen molar-refractivity contribution in [2.75, 3.05) is 31.6 Å². The van der Waals surface area contributed by atoms with Crippen LogP contribution in [-0.2, 0) is 11.2 Å². The van der Waals surface area contributed by atoms with E-state index >= 15 is 0 Å². The summed E-state index contributed by atoms with van der Waals surface area (Å²) in [5.41, 5.74) is 3.29. The summed E-state index contributed by atoms with van der Waals surface area (Å²) in [6.45, 7) is 5.72. The lowest BCUT2D eigenvalue weighted by atomic mass is 10.1. The van der Waals surface area contributed by atoms with E-state index in [1.54, 1.807) is 7.11 Å². The van der Waals surface area contributed by atoms with Gasteiger partial charge in [-0.15, -0.1) is 0 Å². The van der Waals surface area contributed by atoms with Gasteiger partial charge in [0.15, 0.2) is 0 Å². The van der Waals surface area contributed by atoms with Gasteiger partial charge in [0, 0.05) is 6.54 Å². The minimum Gasteiger partial charge on any atom is -0.497 e. The van der Waals surface area contributed by atoms with Crippen LogP contribution < -0.4 is 19.7 Å². The van der Waals surface area contributed by atoms with Crippen LogP contribution in [0.4, 0.5) is 5.69 Å². The predicted molar refractivity (Wildman–Crippen MR) is 103 cm³/mol. The van der Waals surface area contributed by atoms with Crippen molar-refractivity contribution in [1.29, 1.82) is 0 Å². The first-order chi connectivity index (χ1) is 12.5. The monoisotopic (exact) mass is 354 g/mol. The highest BCUT2D eigenvalue weighted by Gasteiger charge is 2.24. The minimum absolute atomic E-state index is 0.0226. The van der Waals surface area contributed by atoms with Gasteiger partial charge in [-0.25, -0.2) is 0 Å². The van der Waals surface area contributed by atoms with E-state index < -0.39 is 0 Å². The topological polar surface area (TPSA) is 50.8 Å². The molecule has 1 unspecified atom stereocenters. The van der Waals surface area contributed by atoms with Gasteiger partial charge < -0.3 is 19.7 Å². The van der Waals surface area contributed by atoms with Crippen molar-refractivity contribution in [2.45, 2.75) is 26.4 Å². The molecule has 0 saturated carbocycles. The lowest BCUT2D eigenvalue weighted by Crippen LogP contribution is -2.44. The van der Waals surface area contributed by atoms with Crippen molar-refractivity contribution in [2.24, 2.45) is 0 Å². The van der Waals surface area contributed by atoms with Crippen LogP contribution in [0.2, 0.25) is 0 Å². The number of anilines is 1. The summed E-state index contributed by atoms with van der Waals surface area (Å²) in [6.07, 6.45) is 0.841. The molecule has 0 saturated heterocycles. The van der Waals surface area contributed by atoms with Crippen molar-refractivity contribution >= 4 is 11.6 Å². The van der Waals surface area contributed by atoms with Crippen molar-refractivity contribution in [3.05, 3.63) is 53.6 Å². The summed E-state index contributed by atoms with van der Waals surface area (Å²) in [4.78, 5) is 14.5. The van der Waals surface area contributed by atoms with Gasteiger partial charge in [-0.3, -0.25) is 4.79 Å². The van der Waals surface area contributed by atoms with Gasteiger partial charge in [-0.1, -0.05) is 18.2 Å². The van der Waals surface area contributed by atoms with Crippen LogP contribution in [0, 0.1) is 6.92 Å². The van der Waals surface area contributed by atoms with E-state index in [2.05, 4.69) is 16.3 Å². The van der Waals surface area contributed by atoms with Gasteiger partial charge in [0.05, 0.1) is 25.9 Å². The lowest BCUT2D eigenvalue weighted by molar-refractivity contribution is -0.119. The highest BCUT2D eigenvalue weighted by atomic mass is 16.5. The Bertz CT molecular complexity index is 776. The Morgan fingerprint density at radius 1 is 1.31 bits per heavy atom. The molecule has 1 amide bonds. The van der Waals surface area contributed by atoms with Crippen LogP contribution in [0.1, 0.15) is 18.1 Å². The molecule has 3 rings (SSSR count). The van der Waals surface area contributed by atoms with E-state index in [-0.39, 0.29) is 12.0 Å². The number of nitrogens with one attached hydrogen (secondary N) is 1. The zero-order valence-electron chi connectivity index (χ0n) is 15.6.